The van der Waals surface area contributed by atoms with Gasteiger partial charge in [-0.05, 0) is 64.2 Å². The number of nitrogens with one attached hydrogen (secondary N) is 1. The van der Waals surface area contributed by atoms with Crippen LogP contribution in [0.5, 0.6) is 11.5 Å². The van der Waals surface area contributed by atoms with Gasteiger partial charge >= 0.3 is 0 Å². The van der Waals surface area contributed by atoms with Crippen molar-refractivity contribution in [1.82, 2.24) is 9.97 Å². The molecular weight excluding hydrogens is 413 g/mol. The van der Waals surface area contributed by atoms with Crippen molar-refractivity contribution >= 4 is 27.6 Å². The number of hydrogen-bond acceptors (Lipinski definition) is 5. The van der Waals surface area contributed by atoms with E-state index < -0.39 is 0 Å². The standard InChI is InChI=1S/C20H17BrFN3O2/c1-26-17-8-13(5-6-15(17)21)24-20-23-10-12-4-3-11-7-16(22)18(27-2)9-14(11)19(12)25-20/h5-10H,3-4H2,1-2H3,(H,23,24,25). The minimum Gasteiger partial charge on any atom is -0.495 e. The van der Waals surface area contributed by atoms with Crippen LogP contribution in [0.1, 0.15) is 11.1 Å². The highest BCUT2D eigenvalue weighted by Gasteiger charge is 2.21. The lowest BCUT2D eigenvalue weighted by Gasteiger charge is -2.20. The van der Waals surface area contributed by atoms with Gasteiger partial charge < -0.3 is 14.8 Å². The number of methoxy groups -OCH3 is 2. The number of halogens is 2. The molecule has 1 heterocycles. The fraction of sp³-hybridized carbons (Fsp3) is 0.200. The number of ether oxygens (including phenoxy) is 2. The maximum Gasteiger partial charge on any atom is 0.227 e. The Kier molecular flexibility index (Phi) is 4.70. The van der Waals surface area contributed by atoms with Crippen molar-refractivity contribution in [1.29, 1.82) is 0 Å². The minimum absolute atomic E-state index is 0.215. The number of aromatic nitrogens is 2. The molecule has 7 heteroatoms. The van der Waals surface area contributed by atoms with E-state index in [0.717, 1.165) is 45.4 Å². The van der Waals surface area contributed by atoms with E-state index in [1.54, 1.807) is 13.2 Å². The summed E-state index contributed by atoms with van der Waals surface area (Å²) in [5.74, 6) is 1.04. The summed E-state index contributed by atoms with van der Waals surface area (Å²) < 4.78 is 25.4. The second kappa shape index (κ2) is 7.15. The Bertz CT molecular complexity index is 1030. The van der Waals surface area contributed by atoms with Gasteiger partial charge in [0.2, 0.25) is 5.95 Å². The van der Waals surface area contributed by atoms with Gasteiger partial charge in [0.15, 0.2) is 11.6 Å². The molecule has 0 fully saturated rings. The lowest BCUT2D eigenvalue weighted by atomic mass is 9.89. The first-order valence-electron chi connectivity index (χ1n) is 8.42. The molecule has 1 aliphatic rings. The third-order valence-electron chi connectivity index (χ3n) is 4.57. The first-order valence-corrected chi connectivity index (χ1v) is 9.21. The smallest absolute Gasteiger partial charge is 0.227 e. The highest BCUT2D eigenvalue weighted by molar-refractivity contribution is 9.10. The van der Waals surface area contributed by atoms with Crippen molar-refractivity contribution in [3.8, 4) is 22.8 Å². The van der Waals surface area contributed by atoms with Crippen LogP contribution < -0.4 is 14.8 Å². The first kappa shape index (κ1) is 17.7. The van der Waals surface area contributed by atoms with Crippen LogP contribution in [0.25, 0.3) is 11.3 Å². The van der Waals surface area contributed by atoms with Gasteiger partial charge in [-0.25, -0.2) is 14.4 Å². The Hall–Kier alpha value is -2.67. The predicted octanol–water partition coefficient (Wildman–Crippen LogP) is 4.90. The highest BCUT2D eigenvalue weighted by atomic mass is 79.9. The molecule has 0 atom stereocenters. The van der Waals surface area contributed by atoms with Gasteiger partial charge in [-0.2, -0.15) is 0 Å². The van der Waals surface area contributed by atoms with Crippen molar-refractivity contribution in [2.24, 2.45) is 0 Å². The van der Waals surface area contributed by atoms with Gasteiger partial charge in [0.1, 0.15) is 5.75 Å². The van der Waals surface area contributed by atoms with E-state index >= 15 is 0 Å². The van der Waals surface area contributed by atoms with Crippen molar-refractivity contribution in [2.75, 3.05) is 19.5 Å². The summed E-state index contributed by atoms with van der Waals surface area (Å²) in [4.78, 5) is 9.10. The molecule has 2 aromatic carbocycles. The molecule has 0 spiro atoms. The molecule has 5 nitrogen and oxygen atoms in total. The van der Waals surface area contributed by atoms with Crippen LogP contribution in [-0.4, -0.2) is 24.2 Å². The number of hydrogen-bond donors (Lipinski definition) is 1. The maximum atomic E-state index is 14.0. The van der Waals surface area contributed by atoms with E-state index in [0.29, 0.717) is 11.7 Å². The Balaban J connectivity index is 1.72. The fourth-order valence-electron chi connectivity index (χ4n) is 3.20. The molecule has 0 amide bonds. The summed E-state index contributed by atoms with van der Waals surface area (Å²) in [7, 11) is 3.07. The van der Waals surface area contributed by atoms with E-state index in [2.05, 4.69) is 31.2 Å². The topological polar surface area (TPSA) is 56.3 Å². The van der Waals surface area contributed by atoms with Crippen molar-refractivity contribution < 1.29 is 13.9 Å². The van der Waals surface area contributed by atoms with Crippen LogP contribution in [0.15, 0.2) is 41.0 Å². The number of rotatable bonds is 4. The molecule has 0 aliphatic heterocycles. The lowest BCUT2D eigenvalue weighted by molar-refractivity contribution is 0.386. The Morgan fingerprint density at radius 2 is 1.81 bits per heavy atom. The van der Waals surface area contributed by atoms with Crippen LogP contribution in [0.2, 0.25) is 0 Å². The summed E-state index contributed by atoms with van der Waals surface area (Å²) in [6.07, 6.45) is 3.35. The molecular formula is C20H17BrFN3O2. The average Bonchev–Trinajstić information content (AvgIpc) is 2.68. The largest absolute Gasteiger partial charge is 0.495 e. The summed E-state index contributed by atoms with van der Waals surface area (Å²) in [6.45, 7) is 0. The molecule has 0 radical (unpaired) electrons. The lowest BCUT2D eigenvalue weighted by Crippen LogP contribution is -2.09. The fourth-order valence-corrected chi connectivity index (χ4v) is 3.61. The number of nitrogens with zero attached hydrogens (tertiary/aromatic N) is 2. The monoisotopic (exact) mass is 429 g/mol. The Morgan fingerprint density at radius 1 is 1.04 bits per heavy atom. The van der Waals surface area contributed by atoms with Crippen molar-refractivity contribution in [3.63, 3.8) is 0 Å². The van der Waals surface area contributed by atoms with E-state index in [9.17, 15) is 4.39 Å². The second-order valence-electron chi connectivity index (χ2n) is 6.19. The molecule has 4 rings (SSSR count). The highest BCUT2D eigenvalue weighted by Crippen LogP contribution is 2.36. The maximum absolute atomic E-state index is 14.0. The quantitative estimate of drug-likeness (QED) is 0.638. The molecule has 0 bridgehead atoms. The predicted molar refractivity (Wildman–Crippen MR) is 105 cm³/mol. The molecule has 27 heavy (non-hydrogen) atoms. The van der Waals surface area contributed by atoms with E-state index in [-0.39, 0.29) is 11.6 Å². The number of aryl methyl sites for hydroxylation is 2. The molecule has 0 unspecified atom stereocenters. The molecule has 0 saturated heterocycles. The SMILES string of the molecule is COc1cc2c(cc1F)CCc1cnc(Nc3ccc(Br)c(OC)c3)nc1-2. The van der Waals surface area contributed by atoms with Crippen LogP contribution in [0, 0.1) is 5.82 Å². The number of fused-ring (bicyclic) bond motifs is 3. The zero-order valence-electron chi connectivity index (χ0n) is 14.8. The molecule has 1 aromatic heterocycles. The molecule has 0 saturated carbocycles. The zero-order chi connectivity index (χ0) is 19.0. The summed E-state index contributed by atoms with van der Waals surface area (Å²) >= 11 is 3.44. The van der Waals surface area contributed by atoms with Gasteiger partial charge in [0.05, 0.1) is 24.4 Å². The van der Waals surface area contributed by atoms with Crippen LogP contribution in [0.4, 0.5) is 16.0 Å². The van der Waals surface area contributed by atoms with E-state index in [1.807, 2.05) is 24.4 Å². The third kappa shape index (κ3) is 3.35. The molecule has 1 N–H and O–H groups in total. The van der Waals surface area contributed by atoms with E-state index in [4.69, 9.17) is 9.47 Å². The van der Waals surface area contributed by atoms with Crippen LogP contribution in [0.3, 0.4) is 0 Å². The minimum atomic E-state index is -0.353. The van der Waals surface area contributed by atoms with Crippen LogP contribution >= 0.6 is 15.9 Å². The van der Waals surface area contributed by atoms with E-state index in [1.165, 1.54) is 13.2 Å². The van der Waals surface area contributed by atoms with Gasteiger partial charge in [-0.3, -0.25) is 0 Å². The molecule has 3 aromatic rings. The summed E-state index contributed by atoms with van der Waals surface area (Å²) in [6, 6.07) is 8.90. The summed E-state index contributed by atoms with van der Waals surface area (Å²) in [5.41, 5.74) is 4.46. The summed E-state index contributed by atoms with van der Waals surface area (Å²) in [5, 5.41) is 3.20. The second-order valence-corrected chi connectivity index (χ2v) is 7.04. The number of anilines is 2. The third-order valence-corrected chi connectivity index (χ3v) is 5.22. The number of benzene rings is 2. The van der Waals surface area contributed by atoms with Crippen molar-refractivity contribution in [2.45, 2.75) is 12.8 Å². The van der Waals surface area contributed by atoms with Gasteiger partial charge in [-0.1, -0.05) is 0 Å². The Labute approximate surface area is 164 Å². The van der Waals surface area contributed by atoms with Gasteiger partial charge in [0.25, 0.3) is 0 Å². The average molecular weight is 430 g/mol. The van der Waals surface area contributed by atoms with Gasteiger partial charge in [-0.15, -0.1) is 0 Å². The van der Waals surface area contributed by atoms with Crippen molar-refractivity contribution in [3.05, 3.63) is 57.9 Å². The Morgan fingerprint density at radius 3 is 2.59 bits per heavy atom. The van der Waals surface area contributed by atoms with Gasteiger partial charge in [0, 0.05) is 23.5 Å². The zero-order valence-corrected chi connectivity index (χ0v) is 16.4. The normalized spacial score (nSPS) is 12.1. The first-order chi connectivity index (χ1) is 13.1. The molecule has 138 valence electrons. The molecule has 1 aliphatic carbocycles. The van der Waals surface area contributed by atoms with Crippen LogP contribution in [-0.2, 0) is 12.8 Å².